The van der Waals surface area contributed by atoms with Gasteiger partial charge in [0, 0.05) is 18.5 Å². The van der Waals surface area contributed by atoms with Crippen LogP contribution in [-0.2, 0) is 5.41 Å². The topological polar surface area (TPSA) is 71.0 Å². The van der Waals surface area contributed by atoms with Gasteiger partial charge in [0.25, 0.3) is 0 Å². The summed E-state index contributed by atoms with van der Waals surface area (Å²) in [6, 6.07) is 16.2. The lowest BCUT2D eigenvalue weighted by Crippen LogP contribution is -2.44. The van der Waals surface area contributed by atoms with Crippen LogP contribution < -0.4 is 14.8 Å². The fraction of sp³-hybridized carbons (Fsp3) is 0.647. The molecular weight excluding hydrogens is 486 g/mol. The average molecular weight is 540 g/mol. The van der Waals surface area contributed by atoms with E-state index in [0.717, 1.165) is 24.0 Å². The van der Waals surface area contributed by atoms with E-state index in [9.17, 15) is 10.2 Å². The SMILES string of the molecule is CCC(O)COc1ccc(C(C)(C)c2ccc(OCC(O)CNCC3(C)CC(CC)CC(C)(C)C3)cc2)cc1. The van der Waals surface area contributed by atoms with Crippen LogP contribution in [0.25, 0.3) is 0 Å². The molecule has 0 aliphatic heterocycles. The van der Waals surface area contributed by atoms with Crippen LogP contribution in [0.3, 0.4) is 0 Å². The van der Waals surface area contributed by atoms with Gasteiger partial charge in [-0.25, -0.2) is 0 Å². The number of benzene rings is 2. The number of rotatable bonds is 14. The van der Waals surface area contributed by atoms with Gasteiger partial charge in [0.2, 0.25) is 0 Å². The molecule has 0 spiro atoms. The van der Waals surface area contributed by atoms with Gasteiger partial charge in [-0.15, -0.1) is 0 Å². The summed E-state index contributed by atoms with van der Waals surface area (Å²) in [4.78, 5) is 0. The predicted molar refractivity (Wildman–Crippen MR) is 161 cm³/mol. The Hall–Kier alpha value is -2.08. The van der Waals surface area contributed by atoms with Gasteiger partial charge in [-0.05, 0) is 77.8 Å². The number of aliphatic hydroxyl groups is 2. The van der Waals surface area contributed by atoms with Crippen molar-refractivity contribution in [3.05, 3.63) is 59.7 Å². The molecule has 1 fully saturated rings. The molecule has 4 atom stereocenters. The van der Waals surface area contributed by atoms with Gasteiger partial charge < -0.3 is 25.0 Å². The first-order valence-electron chi connectivity index (χ1n) is 14.9. The second-order valence-corrected chi connectivity index (χ2v) is 13.5. The number of nitrogens with one attached hydrogen (secondary N) is 1. The zero-order chi connectivity index (χ0) is 28.7. The zero-order valence-corrected chi connectivity index (χ0v) is 25.4. The Kier molecular flexibility index (Phi) is 10.9. The van der Waals surface area contributed by atoms with E-state index < -0.39 is 12.2 Å². The number of hydrogen-bond acceptors (Lipinski definition) is 5. The summed E-state index contributed by atoms with van der Waals surface area (Å²) in [5.41, 5.74) is 2.83. The molecule has 0 radical (unpaired) electrons. The molecule has 2 aromatic carbocycles. The maximum absolute atomic E-state index is 10.6. The third-order valence-electron chi connectivity index (χ3n) is 8.55. The zero-order valence-electron chi connectivity index (χ0n) is 25.4. The highest BCUT2D eigenvalue weighted by atomic mass is 16.5. The minimum Gasteiger partial charge on any atom is -0.491 e. The third kappa shape index (κ3) is 9.23. The smallest absolute Gasteiger partial charge is 0.119 e. The molecule has 0 heterocycles. The predicted octanol–water partition coefficient (Wildman–Crippen LogP) is 6.73. The Morgan fingerprint density at radius 1 is 0.846 bits per heavy atom. The van der Waals surface area contributed by atoms with Crippen molar-refractivity contribution >= 4 is 0 Å². The molecule has 0 aromatic heterocycles. The fourth-order valence-corrected chi connectivity index (χ4v) is 6.48. The normalized spacial score (nSPS) is 22.7. The first-order chi connectivity index (χ1) is 18.4. The van der Waals surface area contributed by atoms with Crippen LogP contribution in [0.5, 0.6) is 11.5 Å². The van der Waals surface area contributed by atoms with Crippen LogP contribution in [-0.4, -0.2) is 48.7 Å². The van der Waals surface area contributed by atoms with Crippen LogP contribution >= 0.6 is 0 Å². The maximum atomic E-state index is 10.6. The van der Waals surface area contributed by atoms with Gasteiger partial charge in [0.15, 0.2) is 0 Å². The van der Waals surface area contributed by atoms with Crippen molar-refractivity contribution in [3.8, 4) is 11.5 Å². The van der Waals surface area contributed by atoms with Crippen molar-refractivity contribution in [2.45, 2.75) is 98.2 Å². The molecule has 1 aliphatic rings. The van der Waals surface area contributed by atoms with Crippen molar-refractivity contribution in [2.75, 3.05) is 26.3 Å². The molecule has 39 heavy (non-hydrogen) atoms. The van der Waals surface area contributed by atoms with E-state index in [1.807, 2.05) is 31.2 Å². The molecule has 5 heteroatoms. The molecular formula is C34H53NO4. The van der Waals surface area contributed by atoms with Crippen LogP contribution in [0.2, 0.25) is 0 Å². The number of ether oxygens (including phenoxy) is 2. The highest BCUT2D eigenvalue weighted by Crippen LogP contribution is 2.49. The van der Waals surface area contributed by atoms with Gasteiger partial charge in [0.1, 0.15) is 30.8 Å². The highest BCUT2D eigenvalue weighted by molar-refractivity contribution is 5.41. The van der Waals surface area contributed by atoms with E-state index in [-0.39, 0.29) is 17.4 Å². The van der Waals surface area contributed by atoms with Crippen LogP contribution in [0.1, 0.15) is 91.7 Å². The molecule has 4 unspecified atom stereocenters. The first-order valence-corrected chi connectivity index (χ1v) is 14.9. The van der Waals surface area contributed by atoms with Crippen molar-refractivity contribution in [1.82, 2.24) is 5.32 Å². The Labute approximate surface area is 237 Å². The summed E-state index contributed by atoms with van der Waals surface area (Å²) in [7, 11) is 0. The second kappa shape index (κ2) is 13.5. The Bertz CT molecular complexity index is 1000. The minimum atomic E-state index is -0.553. The Balaban J connectivity index is 1.47. The van der Waals surface area contributed by atoms with Crippen molar-refractivity contribution in [2.24, 2.45) is 16.7 Å². The number of hydrogen-bond donors (Lipinski definition) is 3. The lowest BCUT2D eigenvalue weighted by molar-refractivity contribution is 0.0465. The summed E-state index contributed by atoms with van der Waals surface area (Å²) in [6.45, 7) is 17.9. The van der Waals surface area contributed by atoms with Gasteiger partial charge in [-0.3, -0.25) is 0 Å². The van der Waals surface area contributed by atoms with E-state index in [1.165, 1.54) is 36.8 Å². The standard InChI is InChI=1S/C34H53NO4/c1-8-25-18-32(3,4)23-34(7,19-25)24-35-20-29(37)22-39-31-16-12-27(13-17-31)33(5,6)26-10-14-30(15-11-26)38-21-28(36)9-2/h10-17,25,28-29,35-37H,8-9,18-24H2,1-7H3. The summed E-state index contributed by atoms with van der Waals surface area (Å²) >= 11 is 0. The summed E-state index contributed by atoms with van der Waals surface area (Å²) in [5, 5.41) is 23.8. The summed E-state index contributed by atoms with van der Waals surface area (Å²) in [5.74, 6) is 2.32. The molecule has 3 rings (SSSR count). The first kappa shape index (κ1) is 31.4. The average Bonchev–Trinajstić information content (AvgIpc) is 2.89. The Morgan fingerprint density at radius 2 is 1.36 bits per heavy atom. The van der Waals surface area contributed by atoms with Gasteiger partial charge in [0.05, 0.1) is 6.10 Å². The summed E-state index contributed by atoms with van der Waals surface area (Å²) < 4.78 is 11.6. The van der Waals surface area contributed by atoms with Crippen molar-refractivity contribution in [1.29, 1.82) is 0 Å². The highest BCUT2D eigenvalue weighted by Gasteiger charge is 2.40. The molecule has 2 aromatic rings. The van der Waals surface area contributed by atoms with E-state index in [1.54, 1.807) is 0 Å². The lowest BCUT2D eigenvalue weighted by Gasteiger charge is -2.47. The lowest BCUT2D eigenvalue weighted by atomic mass is 9.60. The quantitative estimate of drug-likeness (QED) is 0.248. The monoisotopic (exact) mass is 539 g/mol. The van der Waals surface area contributed by atoms with Crippen molar-refractivity contribution in [3.63, 3.8) is 0 Å². The number of aliphatic hydroxyl groups excluding tert-OH is 2. The van der Waals surface area contributed by atoms with Crippen LogP contribution in [0, 0.1) is 16.7 Å². The van der Waals surface area contributed by atoms with Gasteiger partial charge in [-0.2, -0.15) is 0 Å². The van der Waals surface area contributed by atoms with E-state index in [2.05, 4.69) is 71.1 Å². The Morgan fingerprint density at radius 3 is 1.85 bits per heavy atom. The third-order valence-corrected chi connectivity index (χ3v) is 8.55. The molecule has 1 aliphatic carbocycles. The molecule has 0 amide bonds. The summed E-state index contributed by atoms with van der Waals surface area (Å²) in [6.07, 6.45) is 4.73. The molecule has 0 bridgehead atoms. The van der Waals surface area contributed by atoms with E-state index >= 15 is 0 Å². The molecule has 1 saturated carbocycles. The largest absolute Gasteiger partial charge is 0.491 e. The van der Waals surface area contributed by atoms with E-state index in [0.29, 0.717) is 25.0 Å². The molecule has 5 nitrogen and oxygen atoms in total. The molecule has 3 N–H and O–H groups in total. The molecule has 0 saturated heterocycles. The fourth-order valence-electron chi connectivity index (χ4n) is 6.48. The van der Waals surface area contributed by atoms with Crippen molar-refractivity contribution < 1.29 is 19.7 Å². The van der Waals surface area contributed by atoms with Gasteiger partial charge >= 0.3 is 0 Å². The van der Waals surface area contributed by atoms with Crippen LogP contribution in [0.15, 0.2) is 48.5 Å². The molecule has 218 valence electrons. The van der Waals surface area contributed by atoms with Crippen LogP contribution in [0.4, 0.5) is 0 Å². The van der Waals surface area contributed by atoms with E-state index in [4.69, 9.17) is 9.47 Å². The van der Waals surface area contributed by atoms with Gasteiger partial charge in [-0.1, -0.05) is 79.2 Å². The maximum Gasteiger partial charge on any atom is 0.119 e. The minimum absolute atomic E-state index is 0.190. The second-order valence-electron chi connectivity index (χ2n) is 13.5.